The van der Waals surface area contributed by atoms with Gasteiger partial charge >= 0.3 is 0 Å². The second-order valence-corrected chi connectivity index (χ2v) is 4.51. The van der Waals surface area contributed by atoms with Crippen LogP contribution in [0.15, 0.2) is 24.4 Å². The Kier molecular flexibility index (Phi) is 3.12. The Hall–Kier alpha value is -3.14. The van der Waals surface area contributed by atoms with Crippen molar-refractivity contribution < 1.29 is 0 Å². The molecule has 7 heteroatoms. The quantitative estimate of drug-likeness (QED) is 0.680. The van der Waals surface area contributed by atoms with Crippen LogP contribution in [-0.4, -0.2) is 27.2 Å². The summed E-state index contributed by atoms with van der Waals surface area (Å²) >= 11 is 0. The zero-order valence-electron chi connectivity index (χ0n) is 11.6. The Morgan fingerprint density at radius 1 is 1.29 bits per heavy atom. The summed E-state index contributed by atoms with van der Waals surface area (Å²) in [5.41, 5.74) is 2.84. The molecule has 0 aliphatic rings. The van der Waals surface area contributed by atoms with Gasteiger partial charge in [-0.2, -0.15) is 20.3 Å². The van der Waals surface area contributed by atoms with Crippen molar-refractivity contribution in [1.82, 2.24) is 20.2 Å². The molecule has 3 N–H and O–H groups in total. The fourth-order valence-electron chi connectivity index (χ4n) is 2.09. The Labute approximate surface area is 121 Å². The predicted octanol–water partition coefficient (Wildman–Crippen LogP) is 2.32. The molecule has 0 spiro atoms. The van der Waals surface area contributed by atoms with Gasteiger partial charge in [0, 0.05) is 7.05 Å². The van der Waals surface area contributed by atoms with E-state index < -0.39 is 0 Å². The molecule has 2 heterocycles. The monoisotopic (exact) mass is 279 g/mol. The highest BCUT2D eigenvalue weighted by Gasteiger charge is 2.11. The van der Waals surface area contributed by atoms with Crippen LogP contribution < -0.4 is 10.6 Å². The molecule has 0 saturated heterocycles. The van der Waals surface area contributed by atoms with Crippen molar-refractivity contribution in [2.24, 2.45) is 0 Å². The number of anilines is 3. The number of aromatic amines is 1. The van der Waals surface area contributed by atoms with E-state index >= 15 is 0 Å². The first kappa shape index (κ1) is 12.9. The van der Waals surface area contributed by atoms with Crippen molar-refractivity contribution in [3.63, 3.8) is 0 Å². The molecule has 3 rings (SSSR count). The Balaban J connectivity index is 2.12. The standard InChI is InChI=1S/C14H13N7/c1-8-4-3-5-11(9(8)6-15)18-12-10-7-17-21-13(10)20-14(16-2)19-12/h3-5,7H,1-2H3,(H3,16,17,18,19,20,21). The number of H-pyrrole nitrogens is 1. The van der Waals surface area contributed by atoms with E-state index in [0.717, 1.165) is 10.9 Å². The highest BCUT2D eigenvalue weighted by atomic mass is 15.2. The molecule has 7 nitrogen and oxygen atoms in total. The lowest BCUT2D eigenvalue weighted by Crippen LogP contribution is -2.02. The molecule has 21 heavy (non-hydrogen) atoms. The van der Waals surface area contributed by atoms with Crippen LogP contribution in [0.3, 0.4) is 0 Å². The maximum atomic E-state index is 9.30. The van der Waals surface area contributed by atoms with E-state index in [2.05, 4.69) is 36.9 Å². The summed E-state index contributed by atoms with van der Waals surface area (Å²) in [4.78, 5) is 8.66. The van der Waals surface area contributed by atoms with Gasteiger partial charge in [0.25, 0.3) is 0 Å². The summed E-state index contributed by atoms with van der Waals surface area (Å²) in [6.07, 6.45) is 1.65. The van der Waals surface area contributed by atoms with Crippen LogP contribution in [0.4, 0.5) is 17.5 Å². The first-order valence-electron chi connectivity index (χ1n) is 6.38. The third-order valence-electron chi connectivity index (χ3n) is 3.17. The van der Waals surface area contributed by atoms with Crippen LogP contribution >= 0.6 is 0 Å². The van der Waals surface area contributed by atoms with Crippen molar-refractivity contribution in [3.8, 4) is 6.07 Å². The number of nitriles is 1. The first-order chi connectivity index (χ1) is 10.2. The van der Waals surface area contributed by atoms with Crippen LogP contribution in [0.2, 0.25) is 0 Å². The van der Waals surface area contributed by atoms with Crippen LogP contribution in [0.5, 0.6) is 0 Å². The highest BCUT2D eigenvalue weighted by Crippen LogP contribution is 2.26. The number of aryl methyl sites for hydroxylation is 1. The molecule has 0 fully saturated rings. The molecule has 0 radical (unpaired) electrons. The maximum Gasteiger partial charge on any atom is 0.226 e. The van der Waals surface area contributed by atoms with Gasteiger partial charge in [-0.1, -0.05) is 12.1 Å². The molecule has 0 amide bonds. The minimum atomic E-state index is 0.473. The maximum absolute atomic E-state index is 9.30. The zero-order valence-corrected chi connectivity index (χ0v) is 11.6. The minimum absolute atomic E-state index is 0.473. The number of hydrogen-bond acceptors (Lipinski definition) is 6. The Bertz CT molecular complexity index is 844. The summed E-state index contributed by atoms with van der Waals surface area (Å²) in [5.74, 6) is 1.07. The van der Waals surface area contributed by atoms with Gasteiger partial charge in [-0.25, -0.2) is 0 Å². The van der Waals surface area contributed by atoms with Crippen LogP contribution in [0.1, 0.15) is 11.1 Å². The van der Waals surface area contributed by atoms with Gasteiger partial charge in [0.05, 0.1) is 22.8 Å². The number of nitrogens with zero attached hydrogens (tertiary/aromatic N) is 4. The normalized spacial score (nSPS) is 10.3. The smallest absolute Gasteiger partial charge is 0.226 e. The third-order valence-corrected chi connectivity index (χ3v) is 3.17. The average molecular weight is 279 g/mol. The van der Waals surface area contributed by atoms with E-state index in [1.807, 2.05) is 25.1 Å². The molecule has 1 aromatic carbocycles. The summed E-state index contributed by atoms with van der Waals surface area (Å²) in [6, 6.07) is 7.85. The van der Waals surface area contributed by atoms with Gasteiger partial charge in [-0.3, -0.25) is 5.10 Å². The van der Waals surface area contributed by atoms with Gasteiger partial charge in [0.2, 0.25) is 5.95 Å². The predicted molar refractivity (Wildman–Crippen MR) is 80.4 cm³/mol. The molecule has 0 unspecified atom stereocenters. The van der Waals surface area contributed by atoms with Crippen molar-refractivity contribution in [2.75, 3.05) is 17.7 Å². The molecular formula is C14H13N7. The van der Waals surface area contributed by atoms with E-state index in [0.29, 0.717) is 28.7 Å². The van der Waals surface area contributed by atoms with E-state index in [-0.39, 0.29) is 0 Å². The molecule has 2 aromatic heterocycles. The molecule has 0 saturated carbocycles. The van der Waals surface area contributed by atoms with Gasteiger partial charge in [-0.05, 0) is 18.6 Å². The number of benzene rings is 1. The van der Waals surface area contributed by atoms with Gasteiger partial charge in [0.15, 0.2) is 5.65 Å². The molecule has 0 aliphatic carbocycles. The van der Waals surface area contributed by atoms with Crippen molar-refractivity contribution >= 4 is 28.5 Å². The lowest BCUT2D eigenvalue weighted by molar-refractivity contribution is 1.09. The summed E-state index contributed by atoms with van der Waals surface area (Å²) in [5, 5.41) is 22.9. The first-order valence-corrected chi connectivity index (χ1v) is 6.38. The van der Waals surface area contributed by atoms with E-state index in [1.54, 1.807) is 13.2 Å². The summed E-state index contributed by atoms with van der Waals surface area (Å²) in [6.45, 7) is 1.90. The number of nitrogens with one attached hydrogen (secondary N) is 3. The molecule has 104 valence electrons. The molecule has 0 atom stereocenters. The number of fused-ring (bicyclic) bond motifs is 1. The molecule has 3 aromatic rings. The number of rotatable bonds is 3. The van der Waals surface area contributed by atoms with E-state index in [4.69, 9.17) is 0 Å². The van der Waals surface area contributed by atoms with Gasteiger partial charge < -0.3 is 10.6 Å². The highest BCUT2D eigenvalue weighted by molar-refractivity contribution is 5.89. The summed E-state index contributed by atoms with van der Waals surface area (Å²) in [7, 11) is 1.74. The third kappa shape index (κ3) is 2.23. The SMILES string of the molecule is CNc1nc(Nc2cccc(C)c2C#N)c2cn[nH]c2n1. The van der Waals surface area contributed by atoms with Crippen molar-refractivity contribution in [2.45, 2.75) is 6.92 Å². The van der Waals surface area contributed by atoms with Gasteiger partial charge in [-0.15, -0.1) is 0 Å². The van der Waals surface area contributed by atoms with Crippen LogP contribution in [0.25, 0.3) is 11.0 Å². The number of aromatic nitrogens is 4. The lowest BCUT2D eigenvalue weighted by Gasteiger charge is -2.10. The fraction of sp³-hybridized carbons (Fsp3) is 0.143. The molecular weight excluding hydrogens is 266 g/mol. The number of hydrogen-bond donors (Lipinski definition) is 3. The summed E-state index contributed by atoms with van der Waals surface area (Å²) < 4.78 is 0. The Morgan fingerprint density at radius 3 is 2.90 bits per heavy atom. The van der Waals surface area contributed by atoms with E-state index in [9.17, 15) is 5.26 Å². The second-order valence-electron chi connectivity index (χ2n) is 4.51. The van der Waals surface area contributed by atoms with Gasteiger partial charge in [0.1, 0.15) is 11.9 Å². The van der Waals surface area contributed by atoms with Crippen LogP contribution in [-0.2, 0) is 0 Å². The zero-order chi connectivity index (χ0) is 14.8. The average Bonchev–Trinajstić information content (AvgIpc) is 2.96. The van der Waals surface area contributed by atoms with Crippen molar-refractivity contribution in [3.05, 3.63) is 35.5 Å². The largest absolute Gasteiger partial charge is 0.357 e. The van der Waals surface area contributed by atoms with E-state index in [1.165, 1.54) is 0 Å². The second kappa shape index (κ2) is 5.09. The lowest BCUT2D eigenvalue weighted by atomic mass is 10.1. The minimum Gasteiger partial charge on any atom is -0.357 e. The fourth-order valence-corrected chi connectivity index (χ4v) is 2.09. The van der Waals surface area contributed by atoms with Crippen molar-refractivity contribution in [1.29, 1.82) is 5.26 Å². The van der Waals surface area contributed by atoms with Crippen LogP contribution in [0, 0.1) is 18.3 Å². The molecule has 0 bridgehead atoms. The Morgan fingerprint density at radius 2 is 2.14 bits per heavy atom. The topological polar surface area (TPSA) is 102 Å². The molecule has 0 aliphatic heterocycles.